The van der Waals surface area contributed by atoms with E-state index in [9.17, 15) is 14.5 Å². The van der Waals surface area contributed by atoms with Crippen LogP contribution in [0.5, 0.6) is 5.75 Å². The first kappa shape index (κ1) is 15.2. The number of nitro benzene ring substituents is 1. The molecule has 7 heteroatoms. The monoisotopic (exact) mass is 311 g/mol. The van der Waals surface area contributed by atoms with Crippen LogP contribution in [-0.4, -0.2) is 10.0 Å². The fraction of sp³-hybridized carbons (Fsp3) is 0.143. The standard InChI is InChI=1S/C14H11ClFNO4/c15-12-6-11(17(19)20)5-4-10(12)8-21-14-9(7-18)2-1-3-13(14)16/h1-6,18H,7-8H2. The quantitative estimate of drug-likeness (QED) is 0.678. The molecule has 0 unspecified atom stereocenters. The lowest BCUT2D eigenvalue weighted by atomic mass is 10.2. The van der Waals surface area contributed by atoms with Gasteiger partial charge in [0.15, 0.2) is 11.6 Å². The van der Waals surface area contributed by atoms with Gasteiger partial charge in [-0.2, -0.15) is 0 Å². The fourth-order valence-corrected chi connectivity index (χ4v) is 1.99. The Bertz CT molecular complexity index is 678. The van der Waals surface area contributed by atoms with E-state index >= 15 is 0 Å². The highest BCUT2D eigenvalue weighted by Gasteiger charge is 2.13. The van der Waals surface area contributed by atoms with Crippen LogP contribution in [-0.2, 0) is 13.2 Å². The van der Waals surface area contributed by atoms with Crippen LogP contribution in [0.1, 0.15) is 11.1 Å². The molecule has 0 aliphatic heterocycles. The van der Waals surface area contributed by atoms with Crippen molar-refractivity contribution in [2.75, 3.05) is 0 Å². The molecule has 0 fully saturated rings. The number of aliphatic hydroxyl groups excluding tert-OH is 1. The SMILES string of the molecule is O=[N+]([O-])c1ccc(COc2c(F)cccc2CO)c(Cl)c1. The van der Waals surface area contributed by atoms with Crippen molar-refractivity contribution >= 4 is 17.3 Å². The molecular weight excluding hydrogens is 301 g/mol. The zero-order valence-corrected chi connectivity index (χ0v) is 11.5. The van der Waals surface area contributed by atoms with Crippen LogP contribution in [0.25, 0.3) is 0 Å². The zero-order valence-electron chi connectivity index (χ0n) is 10.8. The number of rotatable bonds is 5. The van der Waals surface area contributed by atoms with Crippen LogP contribution in [0.3, 0.4) is 0 Å². The molecule has 110 valence electrons. The van der Waals surface area contributed by atoms with Gasteiger partial charge in [0.1, 0.15) is 6.61 Å². The van der Waals surface area contributed by atoms with Gasteiger partial charge in [-0.3, -0.25) is 10.1 Å². The van der Waals surface area contributed by atoms with Crippen LogP contribution in [0.4, 0.5) is 10.1 Å². The Hall–Kier alpha value is -2.18. The summed E-state index contributed by atoms with van der Waals surface area (Å²) in [6, 6.07) is 8.15. The predicted molar refractivity (Wildman–Crippen MR) is 74.8 cm³/mol. The second-order valence-corrected chi connectivity index (χ2v) is 4.61. The molecule has 0 atom stereocenters. The average Bonchev–Trinajstić information content (AvgIpc) is 2.46. The number of para-hydroxylation sites is 1. The maximum atomic E-state index is 13.7. The van der Waals surface area contributed by atoms with Crippen molar-refractivity contribution in [2.45, 2.75) is 13.2 Å². The molecule has 2 aromatic rings. The van der Waals surface area contributed by atoms with Crippen molar-refractivity contribution < 1.29 is 19.2 Å². The van der Waals surface area contributed by atoms with E-state index in [0.29, 0.717) is 11.1 Å². The first-order valence-electron chi connectivity index (χ1n) is 5.96. The summed E-state index contributed by atoms with van der Waals surface area (Å²) in [5.41, 5.74) is 0.660. The molecule has 0 bridgehead atoms. The Morgan fingerprint density at radius 3 is 2.67 bits per heavy atom. The van der Waals surface area contributed by atoms with Crippen LogP contribution < -0.4 is 4.74 Å². The smallest absolute Gasteiger partial charge is 0.270 e. The van der Waals surface area contributed by atoms with E-state index in [1.54, 1.807) is 0 Å². The van der Waals surface area contributed by atoms with Gasteiger partial charge in [0.25, 0.3) is 5.69 Å². The second kappa shape index (κ2) is 6.51. The normalized spacial score (nSPS) is 10.4. The summed E-state index contributed by atoms with van der Waals surface area (Å²) in [4.78, 5) is 10.1. The third kappa shape index (κ3) is 3.48. The summed E-state index contributed by atoms with van der Waals surface area (Å²) in [7, 11) is 0. The molecule has 0 aliphatic carbocycles. The molecule has 1 N–H and O–H groups in total. The third-order valence-electron chi connectivity index (χ3n) is 2.84. The molecule has 0 saturated heterocycles. The first-order valence-corrected chi connectivity index (χ1v) is 6.34. The lowest BCUT2D eigenvalue weighted by molar-refractivity contribution is -0.384. The number of ether oxygens (including phenoxy) is 1. The van der Waals surface area contributed by atoms with Crippen LogP contribution >= 0.6 is 11.6 Å². The molecule has 0 saturated carbocycles. The topological polar surface area (TPSA) is 72.6 Å². The lowest BCUT2D eigenvalue weighted by Crippen LogP contribution is -2.02. The van der Waals surface area contributed by atoms with Gasteiger partial charge >= 0.3 is 0 Å². The van der Waals surface area contributed by atoms with E-state index in [4.69, 9.17) is 21.4 Å². The molecule has 0 aromatic heterocycles. The number of aliphatic hydroxyl groups is 1. The van der Waals surface area contributed by atoms with Gasteiger partial charge in [-0.15, -0.1) is 0 Å². The van der Waals surface area contributed by atoms with E-state index in [1.807, 2.05) is 0 Å². The lowest BCUT2D eigenvalue weighted by Gasteiger charge is -2.11. The minimum atomic E-state index is -0.598. The number of nitrogens with zero attached hydrogens (tertiary/aromatic N) is 1. The molecule has 0 spiro atoms. The third-order valence-corrected chi connectivity index (χ3v) is 3.19. The Kier molecular flexibility index (Phi) is 4.72. The minimum Gasteiger partial charge on any atom is -0.485 e. The van der Waals surface area contributed by atoms with Crippen molar-refractivity contribution in [3.05, 3.63) is 68.5 Å². The summed E-state index contributed by atoms with van der Waals surface area (Å²) in [6.07, 6.45) is 0. The van der Waals surface area contributed by atoms with Gasteiger partial charge in [-0.25, -0.2) is 4.39 Å². The molecule has 2 rings (SSSR count). The molecule has 0 amide bonds. The number of nitro groups is 1. The number of halogens is 2. The molecule has 2 aromatic carbocycles. The highest BCUT2D eigenvalue weighted by molar-refractivity contribution is 6.31. The highest BCUT2D eigenvalue weighted by Crippen LogP contribution is 2.27. The zero-order chi connectivity index (χ0) is 15.4. The van der Waals surface area contributed by atoms with Crippen molar-refractivity contribution in [3.63, 3.8) is 0 Å². The number of benzene rings is 2. The molecule has 0 heterocycles. The van der Waals surface area contributed by atoms with Gasteiger partial charge < -0.3 is 9.84 Å². The maximum absolute atomic E-state index is 13.7. The summed E-state index contributed by atoms with van der Waals surface area (Å²) in [5.74, 6) is -0.658. The summed E-state index contributed by atoms with van der Waals surface area (Å²) >= 11 is 5.93. The van der Waals surface area contributed by atoms with E-state index in [-0.39, 0.29) is 29.7 Å². The first-order chi connectivity index (χ1) is 10.0. The Labute approximate surface area is 124 Å². The maximum Gasteiger partial charge on any atom is 0.270 e. The molecular formula is C14H11ClFNO4. The largest absolute Gasteiger partial charge is 0.485 e. The highest BCUT2D eigenvalue weighted by atomic mass is 35.5. The summed E-state index contributed by atoms with van der Waals surface area (Å²) in [5, 5.41) is 19.9. The van der Waals surface area contributed by atoms with Gasteiger partial charge in [0.05, 0.1) is 16.6 Å². The summed E-state index contributed by atoms with van der Waals surface area (Å²) in [6.45, 7) is -0.425. The van der Waals surface area contributed by atoms with Gasteiger partial charge in [-0.1, -0.05) is 23.7 Å². The van der Waals surface area contributed by atoms with Crippen LogP contribution in [0, 0.1) is 15.9 Å². The van der Waals surface area contributed by atoms with Gasteiger partial charge in [-0.05, 0) is 12.1 Å². The minimum absolute atomic E-state index is 0.0607. The van der Waals surface area contributed by atoms with Crippen LogP contribution in [0.15, 0.2) is 36.4 Å². The van der Waals surface area contributed by atoms with E-state index < -0.39 is 10.7 Å². The van der Waals surface area contributed by atoms with Crippen molar-refractivity contribution in [1.82, 2.24) is 0 Å². The number of hydrogen-bond acceptors (Lipinski definition) is 4. The van der Waals surface area contributed by atoms with E-state index in [2.05, 4.69) is 0 Å². The molecule has 5 nitrogen and oxygen atoms in total. The average molecular weight is 312 g/mol. The second-order valence-electron chi connectivity index (χ2n) is 4.21. The Morgan fingerprint density at radius 2 is 2.05 bits per heavy atom. The molecule has 21 heavy (non-hydrogen) atoms. The van der Waals surface area contributed by atoms with E-state index in [0.717, 1.165) is 0 Å². The molecule has 0 radical (unpaired) electrons. The Morgan fingerprint density at radius 1 is 1.29 bits per heavy atom. The van der Waals surface area contributed by atoms with Crippen molar-refractivity contribution in [2.24, 2.45) is 0 Å². The molecule has 0 aliphatic rings. The van der Waals surface area contributed by atoms with E-state index in [1.165, 1.54) is 36.4 Å². The van der Waals surface area contributed by atoms with Crippen molar-refractivity contribution in [3.8, 4) is 5.75 Å². The van der Waals surface area contributed by atoms with Gasteiger partial charge in [0.2, 0.25) is 0 Å². The summed E-state index contributed by atoms with van der Waals surface area (Å²) < 4.78 is 19.0. The van der Waals surface area contributed by atoms with Crippen LogP contribution in [0.2, 0.25) is 5.02 Å². The van der Waals surface area contributed by atoms with Gasteiger partial charge in [0, 0.05) is 23.3 Å². The fourth-order valence-electron chi connectivity index (χ4n) is 1.76. The number of hydrogen-bond donors (Lipinski definition) is 1. The Balaban J connectivity index is 2.19. The number of non-ortho nitro benzene ring substituents is 1. The van der Waals surface area contributed by atoms with Crippen molar-refractivity contribution in [1.29, 1.82) is 0 Å². The predicted octanol–water partition coefficient (Wildman–Crippen LogP) is 3.46.